The van der Waals surface area contributed by atoms with E-state index in [1.807, 2.05) is 58.0 Å². The van der Waals surface area contributed by atoms with Gasteiger partial charge in [0.05, 0.1) is 21.4 Å². The summed E-state index contributed by atoms with van der Waals surface area (Å²) in [6, 6.07) is 12.6. The van der Waals surface area contributed by atoms with Crippen LogP contribution in [0.15, 0.2) is 53.4 Å². The van der Waals surface area contributed by atoms with Crippen LogP contribution in [0, 0.1) is 25.2 Å². The molecule has 0 saturated carbocycles. The van der Waals surface area contributed by atoms with Gasteiger partial charge in [-0.1, -0.05) is 62.7 Å². The van der Waals surface area contributed by atoms with Crippen LogP contribution in [0.4, 0.5) is 13.2 Å². The van der Waals surface area contributed by atoms with Gasteiger partial charge in [-0.3, -0.25) is 4.79 Å². The van der Waals surface area contributed by atoms with Crippen molar-refractivity contribution in [3.63, 3.8) is 0 Å². The standard InChI is InChI=1S/C34H40F3N5O3S/c1-7-22-15-23-11-12-26(34(35,36)37)17-29(23)46(44,45)41(18-22)19-25-16-24(10-9-20(25)3)30(33(5,6)32(38)43)27-13-14-28-31(21(27)4)39-40-42(28)8-2/h9-14,16-17,22,30H,7-8,15,18-19H2,1-6H3,(H2,38,43)/t22-,30?/m0/s1. The summed E-state index contributed by atoms with van der Waals surface area (Å²) in [7, 11) is -4.28. The second-order valence-electron chi connectivity index (χ2n) is 12.9. The smallest absolute Gasteiger partial charge is 0.369 e. The minimum Gasteiger partial charge on any atom is -0.369 e. The summed E-state index contributed by atoms with van der Waals surface area (Å²) in [4.78, 5) is 12.6. The molecular weight excluding hydrogens is 615 g/mol. The van der Waals surface area contributed by atoms with Gasteiger partial charge in [-0.2, -0.15) is 17.5 Å². The third-order valence-electron chi connectivity index (χ3n) is 9.56. The molecule has 1 aromatic heterocycles. The van der Waals surface area contributed by atoms with Crippen molar-refractivity contribution in [3.8, 4) is 0 Å². The van der Waals surface area contributed by atoms with Gasteiger partial charge in [-0.25, -0.2) is 13.1 Å². The number of aromatic nitrogens is 3. The number of fused-ring (bicyclic) bond motifs is 2. The fourth-order valence-corrected chi connectivity index (χ4v) is 8.30. The number of alkyl halides is 3. The number of carbonyl (C=O) groups excluding carboxylic acids is 1. The molecule has 1 aliphatic heterocycles. The predicted octanol–water partition coefficient (Wildman–Crippen LogP) is 6.50. The van der Waals surface area contributed by atoms with Gasteiger partial charge in [0.1, 0.15) is 5.52 Å². The lowest BCUT2D eigenvalue weighted by molar-refractivity contribution is -0.137. The van der Waals surface area contributed by atoms with Crippen molar-refractivity contribution >= 4 is 27.0 Å². The van der Waals surface area contributed by atoms with Crippen LogP contribution >= 0.6 is 0 Å². The monoisotopic (exact) mass is 655 g/mol. The number of hydrogen-bond acceptors (Lipinski definition) is 5. The largest absolute Gasteiger partial charge is 0.416 e. The molecule has 0 bridgehead atoms. The highest BCUT2D eigenvalue weighted by Crippen LogP contribution is 2.44. The second kappa shape index (κ2) is 12.1. The minimum absolute atomic E-state index is 0.0409. The molecule has 2 heterocycles. The number of carbonyl (C=O) groups is 1. The van der Waals surface area contributed by atoms with Gasteiger partial charge >= 0.3 is 6.18 Å². The van der Waals surface area contributed by atoms with E-state index in [0.717, 1.165) is 45.4 Å². The summed E-state index contributed by atoms with van der Waals surface area (Å²) in [6.45, 7) is 12.1. The van der Waals surface area contributed by atoms with E-state index in [1.54, 1.807) is 18.5 Å². The molecule has 0 fully saturated rings. The molecule has 0 spiro atoms. The van der Waals surface area contributed by atoms with Gasteiger partial charge in [0, 0.05) is 25.6 Å². The molecule has 5 rings (SSSR count). The van der Waals surface area contributed by atoms with E-state index in [2.05, 4.69) is 10.3 Å². The number of aryl methyl sites for hydroxylation is 3. The number of nitrogens with two attached hydrogens (primary N) is 1. The molecule has 246 valence electrons. The van der Waals surface area contributed by atoms with Gasteiger partial charge in [0.25, 0.3) is 0 Å². The Bertz CT molecular complexity index is 1920. The average Bonchev–Trinajstić information content (AvgIpc) is 3.38. The Hall–Kier alpha value is -3.77. The number of primary amides is 1. The highest BCUT2D eigenvalue weighted by atomic mass is 32.2. The maximum absolute atomic E-state index is 14.0. The van der Waals surface area contributed by atoms with Crippen LogP contribution in [0.25, 0.3) is 11.0 Å². The first-order valence-corrected chi connectivity index (χ1v) is 16.9. The van der Waals surface area contributed by atoms with Crippen LogP contribution in [0.3, 0.4) is 0 Å². The van der Waals surface area contributed by atoms with Crippen molar-refractivity contribution in [2.24, 2.45) is 17.1 Å². The first-order valence-electron chi connectivity index (χ1n) is 15.4. The Morgan fingerprint density at radius 2 is 1.78 bits per heavy atom. The molecule has 12 heteroatoms. The zero-order chi connectivity index (χ0) is 33.8. The molecule has 4 aromatic rings. The summed E-state index contributed by atoms with van der Waals surface area (Å²) in [5.41, 5.74) is 9.87. The number of hydrogen-bond donors (Lipinski definition) is 1. The summed E-state index contributed by atoms with van der Waals surface area (Å²) in [6.07, 6.45) is -3.66. The van der Waals surface area contributed by atoms with Crippen molar-refractivity contribution in [1.82, 2.24) is 19.3 Å². The van der Waals surface area contributed by atoms with Crippen LogP contribution < -0.4 is 5.73 Å². The van der Waals surface area contributed by atoms with E-state index in [4.69, 9.17) is 5.73 Å². The highest BCUT2D eigenvalue weighted by Gasteiger charge is 2.40. The zero-order valence-electron chi connectivity index (χ0n) is 26.9. The van der Waals surface area contributed by atoms with E-state index < -0.39 is 39.0 Å². The quantitative estimate of drug-likeness (QED) is 0.233. The SMILES string of the molecule is CC[C@H]1Cc2ccc(C(F)(F)F)cc2S(=O)(=O)N(Cc2cc(C(c3ccc4c(nnn4CC)c3C)C(C)(C)C(N)=O)ccc2C)C1. The van der Waals surface area contributed by atoms with Crippen LogP contribution in [0.2, 0.25) is 0 Å². The van der Waals surface area contributed by atoms with Crippen LogP contribution in [0.5, 0.6) is 0 Å². The van der Waals surface area contributed by atoms with Gasteiger partial charge < -0.3 is 5.73 Å². The molecule has 1 unspecified atom stereocenters. The lowest BCUT2D eigenvalue weighted by Crippen LogP contribution is -2.38. The van der Waals surface area contributed by atoms with Gasteiger partial charge in [0.2, 0.25) is 15.9 Å². The number of halogens is 3. The Kier molecular flexibility index (Phi) is 8.84. The maximum atomic E-state index is 14.0. The molecule has 3 aromatic carbocycles. The number of amides is 1. The number of sulfonamides is 1. The molecule has 0 saturated heterocycles. The Labute approximate surface area is 267 Å². The topological polar surface area (TPSA) is 111 Å². The molecule has 1 amide bonds. The molecule has 2 N–H and O–H groups in total. The summed E-state index contributed by atoms with van der Waals surface area (Å²) in [5, 5.41) is 8.65. The Morgan fingerprint density at radius 1 is 1.07 bits per heavy atom. The predicted molar refractivity (Wildman–Crippen MR) is 170 cm³/mol. The third-order valence-corrected chi connectivity index (χ3v) is 11.5. The van der Waals surface area contributed by atoms with Crippen LogP contribution in [-0.2, 0) is 40.5 Å². The van der Waals surface area contributed by atoms with E-state index in [1.165, 1.54) is 10.4 Å². The number of nitrogens with zero attached hydrogens (tertiary/aromatic N) is 4. The molecule has 8 nitrogen and oxygen atoms in total. The van der Waals surface area contributed by atoms with Crippen molar-refractivity contribution in [2.75, 3.05) is 6.54 Å². The van der Waals surface area contributed by atoms with Gasteiger partial charge in [-0.05, 0) is 84.7 Å². The fourth-order valence-electron chi connectivity index (χ4n) is 6.55. The fraction of sp³-hybridized carbons (Fsp3) is 0.441. The van der Waals surface area contributed by atoms with Gasteiger partial charge in [-0.15, -0.1) is 5.10 Å². The van der Waals surface area contributed by atoms with Crippen molar-refractivity contribution in [1.29, 1.82) is 0 Å². The molecule has 0 radical (unpaired) electrons. The Morgan fingerprint density at radius 3 is 2.41 bits per heavy atom. The lowest BCUT2D eigenvalue weighted by atomic mass is 9.69. The second-order valence-corrected chi connectivity index (χ2v) is 14.8. The molecule has 1 aliphatic rings. The van der Waals surface area contributed by atoms with E-state index in [9.17, 15) is 26.4 Å². The van der Waals surface area contributed by atoms with Crippen molar-refractivity contribution < 1.29 is 26.4 Å². The summed E-state index contributed by atoms with van der Waals surface area (Å²) in [5.74, 6) is -1.10. The van der Waals surface area contributed by atoms with Gasteiger partial charge in [0.15, 0.2) is 0 Å². The van der Waals surface area contributed by atoms with Crippen molar-refractivity contribution in [3.05, 3.63) is 87.5 Å². The lowest BCUT2D eigenvalue weighted by Gasteiger charge is -2.34. The molecule has 2 atom stereocenters. The third kappa shape index (κ3) is 5.92. The van der Waals surface area contributed by atoms with Crippen LogP contribution in [0.1, 0.15) is 79.0 Å². The van der Waals surface area contributed by atoms with Crippen LogP contribution in [-0.4, -0.2) is 40.2 Å². The highest BCUT2D eigenvalue weighted by molar-refractivity contribution is 7.89. The average molecular weight is 656 g/mol. The van der Waals surface area contributed by atoms with E-state index in [-0.39, 0.29) is 23.9 Å². The summed E-state index contributed by atoms with van der Waals surface area (Å²) >= 11 is 0. The Balaban J connectivity index is 1.62. The number of rotatable bonds is 8. The van der Waals surface area contributed by atoms with E-state index >= 15 is 0 Å². The zero-order valence-corrected chi connectivity index (χ0v) is 27.8. The summed E-state index contributed by atoms with van der Waals surface area (Å²) < 4.78 is 72.1. The molecular formula is C34H40F3N5O3S. The van der Waals surface area contributed by atoms with Crippen molar-refractivity contribution in [2.45, 2.75) is 84.5 Å². The molecule has 46 heavy (non-hydrogen) atoms. The maximum Gasteiger partial charge on any atom is 0.416 e. The number of benzene rings is 3. The molecule has 0 aliphatic carbocycles. The first-order chi connectivity index (χ1) is 21.5. The first kappa shape index (κ1) is 33.6. The minimum atomic E-state index is -4.68. The van der Waals surface area contributed by atoms with E-state index in [0.29, 0.717) is 30.5 Å². The normalized spacial score (nSPS) is 17.9.